The summed E-state index contributed by atoms with van der Waals surface area (Å²) in [4.78, 5) is 12.1. The second-order valence-corrected chi connectivity index (χ2v) is 5.34. The number of aromatic nitrogens is 1. The topological polar surface area (TPSA) is 53.2 Å². The summed E-state index contributed by atoms with van der Waals surface area (Å²) in [5, 5.41) is 11.9. The molecule has 18 heavy (non-hydrogen) atoms. The predicted octanol–water partition coefficient (Wildman–Crippen LogP) is 0.791. The predicted molar refractivity (Wildman–Crippen MR) is 64.0 cm³/mol. The van der Waals surface area contributed by atoms with Crippen molar-refractivity contribution >= 4 is 11.7 Å². The number of esters is 1. The Morgan fingerprint density at radius 2 is 2.06 bits per heavy atom. The minimum atomic E-state index is -0.600. The first-order valence-electron chi connectivity index (χ1n) is 6.02. The van der Waals surface area contributed by atoms with E-state index in [1.54, 1.807) is 37.6 Å². The average Bonchev–Trinajstić information content (AvgIpc) is 2.26. The summed E-state index contributed by atoms with van der Waals surface area (Å²) in [6.45, 7) is 5.36. The zero-order chi connectivity index (χ0) is 13.3. The van der Waals surface area contributed by atoms with E-state index in [-0.39, 0.29) is 11.5 Å². The summed E-state index contributed by atoms with van der Waals surface area (Å²) in [7, 11) is 0. The molecular formula is C14H17NO3. The van der Waals surface area contributed by atoms with E-state index in [2.05, 4.69) is 0 Å². The maximum Gasteiger partial charge on any atom is 0.403 e. The third-order valence-corrected chi connectivity index (χ3v) is 2.65. The molecule has 0 atom stereocenters. The first kappa shape index (κ1) is 12.6. The number of fused-ring (bicyclic) bond motifs is 1. The van der Waals surface area contributed by atoms with Crippen LogP contribution in [0.4, 0.5) is 0 Å². The number of allylic oxidation sites excluding steroid dienone is 1. The smallest absolute Gasteiger partial charge is 0.403 e. The molecule has 1 aromatic rings. The van der Waals surface area contributed by atoms with E-state index in [9.17, 15) is 9.90 Å². The third-order valence-electron chi connectivity index (χ3n) is 2.65. The van der Waals surface area contributed by atoms with E-state index in [4.69, 9.17) is 4.74 Å². The molecule has 1 aliphatic rings. The number of rotatable bonds is 1. The second-order valence-electron chi connectivity index (χ2n) is 5.34. The van der Waals surface area contributed by atoms with Gasteiger partial charge < -0.3 is 9.84 Å². The van der Waals surface area contributed by atoms with E-state index >= 15 is 0 Å². The molecule has 4 nitrogen and oxygen atoms in total. The molecule has 96 valence electrons. The van der Waals surface area contributed by atoms with Gasteiger partial charge in [-0.15, -0.1) is 0 Å². The summed E-state index contributed by atoms with van der Waals surface area (Å²) < 4.78 is 6.93. The van der Waals surface area contributed by atoms with Gasteiger partial charge >= 0.3 is 5.97 Å². The Bertz CT molecular complexity index is 512. The summed E-state index contributed by atoms with van der Waals surface area (Å²) >= 11 is 0. The highest BCUT2D eigenvalue weighted by atomic mass is 16.6. The lowest BCUT2D eigenvalue weighted by Crippen LogP contribution is -2.47. The van der Waals surface area contributed by atoms with E-state index in [1.807, 2.05) is 12.1 Å². The van der Waals surface area contributed by atoms with Crippen LogP contribution in [0.15, 0.2) is 30.2 Å². The van der Waals surface area contributed by atoms with E-state index in [0.717, 1.165) is 5.69 Å². The van der Waals surface area contributed by atoms with Crippen LogP contribution in [0.5, 0.6) is 0 Å². The highest BCUT2D eigenvalue weighted by Crippen LogP contribution is 2.18. The lowest BCUT2D eigenvalue weighted by Gasteiger charge is -2.23. The van der Waals surface area contributed by atoms with E-state index in [0.29, 0.717) is 12.8 Å². The fraction of sp³-hybridized carbons (Fsp3) is 0.429. The average molecular weight is 247 g/mol. The molecule has 0 aliphatic carbocycles. The standard InChI is InChI=1S/C14H17NO3/c1-14(2,3)18-13(17)12-11(16)8-7-10-6-4-5-9-15(10)12/h4-6,9H,7-8H2,1-3H3. The third kappa shape index (κ3) is 2.53. The van der Waals surface area contributed by atoms with Crippen LogP contribution in [-0.4, -0.2) is 11.6 Å². The lowest BCUT2D eigenvalue weighted by molar-refractivity contribution is -0.596. The molecule has 0 aromatic carbocycles. The molecule has 0 N–H and O–H groups in total. The number of pyridine rings is 1. The Balaban J connectivity index is 2.39. The largest absolute Gasteiger partial charge is 0.871 e. The molecule has 0 bridgehead atoms. The molecule has 2 heterocycles. The van der Waals surface area contributed by atoms with Gasteiger partial charge in [-0.25, -0.2) is 4.79 Å². The van der Waals surface area contributed by atoms with Crippen molar-refractivity contribution in [3.05, 3.63) is 35.8 Å². The van der Waals surface area contributed by atoms with Gasteiger partial charge in [-0.1, -0.05) is 6.07 Å². The van der Waals surface area contributed by atoms with Gasteiger partial charge in [0.25, 0.3) is 5.70 Å². The molecule has 1 aliphatic heterocycles. The van der Waals surface area contributed by atoms with Gasteiger partial charge in [0.2, 0.25) is 0 Å². The van der Waals surface area contributed by atoms with Crippen molar-refractivity contribution in [2.75, 3.05) is 0 Å². The number of nitrogens with zero attached hydrogens (tertiary/aromatic N) is 1. The van der Waals surface area contributed by atoms with Crippen LogP contribution < -0.4 is 9.67 Å². The minimum Gasteiger partial charge on any atom is -0.871 e. The summed E-state index contributed by atoms with van der Waals surface area (Å²) in [6, 6.07) is 5.61. The maximum atomic E-state index is 12.1. The Morgan fingerprint density at radius 3 is 2.72 bits per heavy atom. The van der Waals surface area contributed by atoms with Crippen molar-refractivity contribution in [2.24, 2.45) is 0 Å². The molecule has 0 saturated carbocycles. The van der Waals surface area contributed by atoms with Crippen molar-refractivity contribution in [3.63, 3.8) is 0 Å². The number of hydrogen-bond acceptors (Lipinski definition) is 3. The molecule has 0 spiro atoms. The second kappa shape index (κ2) is 4.44. The van der Waals surface area contributed by atoms with Gasteiger partial charge in [0.1, 0.15) is 5.60 Å². The Labute approximate surface area is 107 Å². The van der Waals surface area contributed by atoms with Crippen molar-refractivity contribution in [1.82, 2.24) is 0 Å². The van der Waals surface area contributed by atoms with Crippen LogP contribution in [0.1, 0.15) is 32.9 Å². The Hall–Kier alpha value is -1.84. The van der Waals surface area contributed by atoms with Crippen molar-refractivity contribution in [3.8, 4) is 0 Å². The molecule has 0 unspecified atom stereocenters. The van der Waals surface area contributed by atoms with Crippen molar-refractivity contribution < 1.29 is 19.2 Å². The van der Waals surface area contributed by atoms with Gasteiger partial charge in [-0.05, 0) is 33.0 Å². The van der Waals surface area contributed by atoms with E-state index < -0.39 is 11.6 Å². The first-order chi connectivity index (χ1) is 8.38. The molecule has 2 rings (SSSR count). The number of carbonyl (C=O) groups excluding carboxylic acids is 1. The van der Waals surface area contributed by atoms with Crippen LogP contribution in [0.25, 0.3) is 5.70 Å². The summed E-state index contributed by atoms with van der Waals surface area (Å²) in [5.74, 6) is -0.711. The van der Waals surface area contributed by atoms with Crippen LogP contribution in [-0.2, 0) is 16.0 Å². The van der Waals surface area contributed by atoms with Crippen LogP contribution in [0.2, 0.25) is 0 Å². The molecule has 1 aromatic heterocycles. The zero-order valence-corrected chi connectivity index (χ0v) is 10.9. The van der Waals surface area contributed by atoms with Gasteiger partial charge in [0.05, 0.1) is 0 Å². The SMILES string of the molecule is CC(C)(C)OC(=O)C1=C([O-])CCc2cccc[n+]21. The normalized spacial score (nSPS) is 15.3. The van der Waals surface area contributed by atoms with Gasteiger partial charge in [-0.3, -0.25) is 0 Å². The number of aryl methyl sites for hydroxylation is 1. The summed E-state index contributed by atoms with van der Waals surface area (Å²) in [6.07, 6.45) is 2.75. The number of ether oxygens (including phenoxy) is 1. The first-order valence-corrected chi connectivity index (χ1v) is 6.02. The maximum absolute atomic E-state index is 12.1. The molecule has 0 saturated heterocycles. The van der Waals surface area contributed by atoms with Crippen LogP contribution in [0, 0.1) is 0 Å². The minimum absolute atomic E-state index is 0.117. The molecule has 0 radical (unpaired) electrons. The lowest BCUT2D eigenvalue weighted by atomic mass is 10.1. The molecular weight excluding hydrogens is 230 g/mol. The van der Waals surface area contributed by atoms with Crippen molar-refractivity contribution in [1.29, 1.82) is 0 Å². The summed E-state index contributed by atoms with van der Waals surface area (Å²) in [5.41, 5.74) is 0.474. The zero-order valence-electron chi connectivity index (χ0n) is 10.9. The van der Waals surface area contributed by atoms with Gasteiger partial charge in [0.15, 0.2) is 11.9 Å². The molecule has 0 fully saturated rings. The molecule has 4 heteroatoms. The monoisotopic (exact) mass is 247 g/mol. The fourth-order valence-corrected chi connectivity index (χ4v) is 1.93. The fourth-order valence-electron chi connectivity index (χ4n) is 1.93. The quantitative estimate of drug-likeness (QED) is 0.544. The van der Waals surface area contributed by atoms with Gasteiger partial charge in [0, 0.05) is 18.6 Å². The van der Waals surface area contributed by atoms with Crippen LogP contribution >= 0.6 is 0 Å². The van der Waals surface area contributed by atoms with Crippen LogP contribution in [0.3, 0.4) is 0 Å². The van der Waals surface area contributed by atoms with Crippen molar-refractivity contribution in [2.45, 2.75) is 39.2 Å². The number of carbonyl (C=O) groups is 1. The van der Waals surface area contributed by atoms with E-state index in [1.165, 1.54) is 0 Å². The highest BCUT2D eigenvalue weighted by molar-refractivity contribution is 6.06. The molecule has 0 amide bonds. The Kier molecular flexibility index (Phi) is 3.11. The number of hydrogen-bond donors (Lipinski definition) is 0. The van der Waals surface area contributed by atoms with Gasteiger partial charge in [-0.2, -0.15) is 4.57 Å². The highest BCUT2D eigenvalue weighted by Gasteiger charge is 2.31. The Morgan fingerprint density at radius 1 is 1.33 bits per heavy atom.